The lowest BCUT2D eigenvalue weighted by atomic mass is 10.2. The predicted octanol–water partition coefficient (Wildman–Crippen LogP) is 2.63. The summed E-state index contributed by atoms with van der Waals surface area (Å²) < 4.78 is 4.56. The minimum absolute atomic E-state index is 0.284. The Hall–Kier alpha value is -1.31. The van der Waals surface area contributed by atoms with Crippen molar-refractivity contribution in [3.8, 4) is 0 Å². The van der Waals surface area contributed by atoms with Gasteiger partial charge >= 0.3 is 5.97 Å². The van der Waals surface area contributed by atoms with Crippen LogP contribution >= 0.6 is 0 Å². The third-order valence-electron chi connectivity index (χ3n) is 1.50. The van der Waals surface area contributed by atoms with Gasteiger partial charge in [-0.15, -0.1) is 0 Å². The number of hydrogen-bond donors (Lipinski definition) is 0. The normalized spacial score (nSPS) is 13.5. The van der Waals surface area contributed by atoms with Crippen LogP contribution in [0.4, 0.5) is 0 Å². The fraction of sp³-hybridized carbons (Fsp3) is 0.364. The van der Waals surface area contributed by atoms with Gasteiger partial charge in [0.05, 0.1) is 7.11 Å². The summed E-state index contributed by atoms with van der Waals surface area (Å²) in [7, 11) is 1.38. The van der Waals surface area contributed by atoms with E-state index in [-0.39, 0.29) is 5.97 Å². The molecular formula is C11H16O2. The van der Waals surface area contributed by atoms with Crippen molar-refractivity contribution in [3.63, 3.8) is 0 Å². The number of ether oxygens (including phenoxy) is 1. The van der Waals surface area contributed by atoms with Gasteiger partial charge in [0.25, 0.3) is 0 Å². The molecule has 0 atom stereocenters. The maximum atomic E-state index is 11.0. The van der Waals surface area contributed by atoms with Crippen LogP contribution in [0, 0.1) is 0 Å². The Morgan fingerprint density at radius 2 is 1.92 bits per heavy atom. The molecule has 0 aliphatic carbocycles. The van der Waals surface area contributed by atoms with Crippen molar-refractivity contribution >= 4 is 5.97 Å². The van der Waals surface area contributed by atoms with Gasteiger partial charge in [-0.1, -0.05) is 23.8 Å². The Balaban J connectivity index is 4.46. The van der Waals surface area contributed by atoms with Crippen molar-refractivity contribution in [2.75, 3.05) is 7.11 Å². The molecule has 13 heavy (non-hydrogen) atoms. The first-order valence-electron chi connectivity index (χ1n) is 4.18. The molecule has 0 saturated carbocycles. The van der Waals surface area contributed by atoms with Crippen LogP contribution in [0.15, 0.2) is 35.5 Å². The van der Waals surface area contributed by atoms with Crippen molar-refractivity contribution in [2.45, 2.75) is 20.8 Å². The molecule has 0 aromatic carbocycles. The monoisotopic (exact) mass is 180 g/mol. The zero-order chi connectivity index (χ0) is 10.3. The summed E-state index contributed by atoms with van der Waals surface area (Å²) in [5, 5.41) is 0. The second-order valence-corrected chi connectivity index (χ2v) is 2.76. The minimum Gasteiger partial charge on any atom is -0.466 e. The third-order valence-corrected chi connectivity index (χ3v) is 1.50. The average molecular weight is 180 g/mol. The second-order valence-electron chi connectivity index (χ2n) is 2.76. The van der Waals surface area contributed by atoms with E-state index >= 15 is 0 Å². The molecule has 0 heterocycles. The predicted molar refractivity (Wildman–Crippen MR) is 54.3 cm³/mol. The number of carbonyl (C=O) groups is 1. The van der Waals surface area contributed by atoms with Crippen molar-refractivity contribution in [3.05, 3.63) is 35.5 Å². The highest BCUT2D eigenvalue weighted by Gasteiger charge is 2.01. The van der Waals surface area contributed by atoms with Crippen LogP contribution in [-0.2, 0) is 9.53 Å². The number of methoxy groups -OCH3 is 1. The largest absolute Gasteiger partial charge is 0.466 e. The molecule has 0 bridgehead atoms. The Morgan fingerprint density at radius 1 is 1.31 bits per heavy atom. The van der Waals surface area contributed by atoms with Gasteiger partial charge in [-0.3, -0.25) is 0 Å². The maximum absolute atomic E-state index is 11.0. The molecule has 0 unspecified atom stereocenters. The summed E-state index contributed by atoms with van der Waals surface area (Å²) in [5.41, 5.74) is 1.64. The molecule has 0 amide bonds. The van der Waals surface area contributed by atoms with Crippen LogP contribution in [-0.4, -0.2) is 13.1 Å². The topological polar surface area (TPSA) is 26.3 Å². The van der Waals surface area contributed by atoms with Crippen LogP contribution in [0.3, 0.4) is 0 Å². The Bertz CT molecular complexity index is 257. The SMILES string of the molecule is CC=CC=C(C)C=C(C)C(=O)OC. The summed E-state index contributed by atoms with van der Waals surface area (Å²) in [4.78, 5) is 11.0. The van der Waals surface area contributed by atoms with Crippen molar-refractivity contribution in [1.82, 2.24) is 0 Å². The van der Waals surface area contributed by atoms with Gasteiger partial charge in [0.2, 0.25) is 0 Å². The van der Waals surface area contributed by atoms with Crippen molar-refractivity contribution in [2.24, 2.45) is 0 Å². The second kappa shape index (κ2) is 6.23. The van der Waals surface area contributed by atoms with Crippen LogP contribution in [0.5, 0.6) is 0 Å². The minimum atomic E-state index is -0.284. The van der Waals surface area contributed by atoms with E-state index < -0.39 is 0 Å². The average Bonchev–Trinajstić information content (AvgIpc) is 2.13. The van der Waals surface area contributed by atoms with E-state index in [1.807, 2.05) is 32.1 Å². The van der Waals surface area contributed by atoms with Crippen LogP contribution < -0.4 is 0 Å². The molecule has 72 valence electrons. The molecule has 0 aliphatic heterocycles. The number of rotatable bonds is 3. The highest BCUT2D eigenvalue weighted by atomic mass is 16.5. The highest BCUT2D eigenvalue weighted by Crippen LogP contribution is 2.03. The molecular weight excluding hydrogens is 164 g/mol. The first kappa shape index (κ1) is 11.7. The lowest BCUT2D eigenvalue weighted by Gasteiger charge is -1.97. The van der Waals surface area contributed by atoms with E-state index in [9.17, 15) is 4.79 Å². The number of hydrogen-bond acceptors (Lipinski definition) is 2. The fourth-order valence-electron chi connectivity index (χ4n) is 0.858. The van der Waals surface area contributed by atoms with E-state index in [1.54, 1.807) is 13.0 Å². The standard InChI is InChI=1S/C11H16O2/c1-5-6-7-9(2)8-10(3)11(12)13-4/h5-8H,1-4H3. The molecule has 0 saturated heterocycles. The first-order chi connectivity index (χ1) is 6.11. The van der Waals surface area contributed by atoms with Crippen molar-refractivity contribution in [1.29, 1.82) is 0 Å². The van der Waals surface area contributed by atoms with Gasteiger partial charge in [-0.05, 0) is 26.8 Å². The lowest BCUT2D eigenvalue weighted by Crippen LogP contribution is -2.01. The number of carbonyl (C=O) groups excluding carboxylic acids is 1. The van der Waals surface area contributed by atoms with E-state index in [0.29, 0.717) is 5.57 Å². The summed E-state index contributed by atoms with van der Waals surface area (Å²) in [6, 6.07) is 0. The van der Waals surface area contributed by atoms with Gasteiger partial charge in [-0.2, -0.15) is 0 Å². The van der Waals surface area contributed by atoms with Gasteiger partial charge < -0.3 is 4.74 Å². The molecule has 0 aromatic rings. The van der Waals surface area contributed by atoms with Gasteiger partial charge in [-0.25, -0.2) is 4.79 Å². The van der Waals surface area contributed by atoms with Gasteiger partial charge in [0.15, 0.2) is 0 Å². The first-order valence-corrected chi connectivity index (χ1v) is 4.18. The summed E-state index contributed by atoms with van der Waals surface area (Å²) in [6.45, 7) is 5.62. The van der Waals surface area contributed by atoms with E-state index in [4.69, 9.17) is 0 Å². The Labute approximate surface area is 79.6 Å². The lowest BCUT2D eigenvalue weighted by molar-refractivity contribution is -0.136. The summed E-state index contributed by atoms with van der Waals surface area (Å²) in [5.74, 6) is -0.284. The van der Waals surface area contributed by atoms with Gasteiger partial charge in [0.1, 0.15) is 0 Å². The fourth-order valence-corrected chi connectivity index (χ4v) is 0.858. The number of esters is 1. The van der Waals surface area contributed by atoms with Crippen LogP contribution in [0.25, 0.3) is 0 Å². The van der Waals surface area contributed by atoms with Crippen LogP contribution in [0.2, 0.25) is 0 Å². The quantitative estimate of drug-likeness (QED) is 0.379. The molecule has 0 radical (unpaired) electrons. The summed E-state index contributed by atoms with van der Waals surface area (Å²) in [6.07, 6.45) is 7.60. The molecule has 2 heteroatoms. The Morgan fingerprint density at radius 3 is 2.38 bits per heavy atom. The molecule has 0 spiro atoms. The van der Waals surface area contributed by atoms with Gasteiger partial charge in [0, 0.05) is 5.57 Å². The molecule has 0 N–H and O–H groups in total. The van der Waals surface area contributed by atoms with E-state index in [2.05, 4.69) is 4.74 Å². The zero-order valence-electron chi connectivity index (χ0n) is 8.63. The smallest absolute Gasteiger partial charge is 0.333 e. The maximum Gasteiger partial charge on any atom is 0.333 e. The third kappa shape index (κ3) is 5.01. The summed E-state index contributed by atoms with van der Waals surface area (Å²) >= 11 is 0. The molecule has 0 aromatic heterocycles. The molecule has 0 rings (SSSR count). The van der Waals surface area contributed by atoms with Crippen LogP contribution in [0.1, 0.15) is 20.8 Å². The molecule has 2 nitrogen and oxygen atoms in total. The van der Waals surface area contributed by atoms with E-state index in [1.165, 1.54) is 7.11 Å². The molecule has 0 aliphatic rings. The number of allylic oxidation sites excluding steroid dienone is 5. The zero-order valence-corrected chi connectivity index (χ0v) is 8.63. The molecule has 0 fully saturated rings. The van der Waals surface area contributed by atoms with Crippen molar-refractivity contribution < 1.29 is 9.53 Å². The highest BCUT2D eigenvalue weighted by molar-refractivity contribution is 5.88. The van der Waals surface area contributed by atoms with E-state index in [0.717, 1.165) is 5.57 Å². The Kier molecular flexibility index (Phi) is 5.60.